The maximum absolute atomic E-state index is 11.6. The summed E-state index contributed by atoms with van der Waals surface area (Å²) >= 11 is 5.32. The number of hydrogen-bond donors (Lipinski definition) is 1. The molecule has 0 aliphatic carbocycles. The molecule has 1 amide bonds. The van der Waals surface area contributed by atoms with Crippen LogP contribution in [0, 0.1) is 0 Å². The summed E-state index contributed by atoms with van der Waals surface area (Å²) in [5.74, 6) is 0.0554. The molecule has 3 nitrogen and oxygen atoms in total. The van der Waals surface area contributed by atoms with Crippen LogP contribution in [0.15, 0.2) is 0 Å². The summed E-state index contributed by atoms with van der Waals surface area (Å²) in [4.78, 5) is 13.8. The number of unbranched alkanes of at least 4 members (excludes halogenated alkanes) is 3. The van der Waals surface area contributed by atoms with Crippen LogP contribution in [0.3, 0.4) is 0 Å². The van der Waals surface area contributed by atoms with Crippen molar-refractivity contribution in [3.63, 3.8) is 0 Å². The van der Waals surface area contributed by atoms with E-state index in [1.165, 1.54) is 0 Å². The van der Waals surface area contributed by atoms with Crippen molar-refractivity contribution in [3.8, 4) is 0 Å². The average Bonchev–Trinajstić information content (AvgIpc) is 2.36. The van der Waals surface area contributed by atoms with Crippen molar-refractivity contribution < 1.29 is 4.79 Å². The number of nitrogens with zero attached hydrogens (tertiary/aromatic N) is 1. The molecule has 0 fully saturated rings. The second-order valence-electron chi connectivity index (χ2n) is 4.65. The zero-order valence-corrected chi connectivity index (χ0v) is 12.9. The van der Waals surface area contributed by atoms with Gasteiger partial charge in [0.2, 0.25) is 5.91 Å². The van der Waals surface area contributed by atoms with Crippen LogP contribution in [0.5, 0.6) is 0 Å². The highest BCUT2D eigenvalue weighted by Crippen LogP contribution is 2.01. The van der Waals surface area contributed by atoms with E-state index in [1.807, 2.05) is 0 Å². The number of amides is 1. The van der Waals surface area contributed by atoms with Crippen molar-refractivity contribution in [2.75, 3.05) is 13.1 Å². The molecule has 0 aromatic carbocycles. The van der Waals surface area contributed by atoms with Crippen LogP contribution in [0.25, 0.3) is 0 Å². The molecular formula is C14H28N2OS. The Labute approximate surface area is 117 Å². The summed E-state index contributed by atoms with van der Waals surface area (Å²) in [7, 11) is 0. The van der Waals surface area contributed by atoms with E-state index >= 15 is 0 Å². The molecule has 106 valence electrons. The van der Waals surface area contributed by atoms with Crippen LogP contribution < -0.4 is 5.32 Å². The van der Waals surface area contributed by atoms with Crippen molar-refractivity contribution >= 4 is 23.2 Å². The Kier molecular flexibility index (Phi) is 11.0. The number of carbonyl (C=O) groups excluding carboxylic acids is 1. The summed E-state index contributed by atoms with van der Waals surface area (Å²) in [5, 5.41) is 3.46. The van der Waals surface area contributed by atoms with Gasteiger partial charge in [0.15, 0.2) is 5.11 Å². The standard InChI is InChI=1S/C14H28N2OS/c1-4-7-10-13(17)15-14(18)16(11-8-5-2)12-9-6-3/h4-12H2,1-3H3,(H,15,17,18). The van der Waals surface area contributed by atoms with Gasteiger partial charge in [0.1, 0.15) is 0 Å². The third kappa shape index (κ3) is 8.45. The van der Waals surface area contributed by atoms with Crippen LogP contribution in [0.4, 0.5) is 0 Å². The lowest BCUT2D eigenvalue weighted by Gasteiger charge is -2.25. The molecular weight excluding hydrogens is 244 g/mol. The first kappa shape index (κ1) is 17.4. The van der Waals surface area contributed by atoms with Crippen molar-refractivity contribution in [3.05, 3.63) is 0 Å². The second kappa shape index (κ2) is 11.5. The van der Waals surface area contributed by atoms with E-state index in [4.69, 9.17) is 12.2 Å². The highest BCUT2D eigenvalue weighted by molar-refractivity contribution is 7.80. The second-order valence-corrected chi connectivity index (χ2v) is 5.04. The summed E-state index contributed by atoms with van der Waals surface area (Å²) in [6, 6.07) is 0. The quantitative estimate of drug-likeness (QED) is 0.652. The zero-order chi connectivity index (χ0) is 13.8. The lowest BCUT2D eigenvalue weighted by molar-refractivity contribution is -0.119. The molecule has 0 saturated heterocycles. The number of nitrogens with one attached hydrogen (secondary N) is 1. The molecule has 0 saturated carbocycles. The van der Waals surface area contributed by atoms with Gasteiger partial charge in [0.25, 0.3) is 0 Å². The van der Waals surface area contributed by atoms with E-state index in [0.29, 0.717) is 11.5 Å². The number of hydrogen-bond acceptors (Lipinski definition) is 2. The average molecular weight is 272 g/mol. The highest BCUT2D eigenvalue weighted by atomic mass is 32.1. The Morgan fingerprint density at radius 2 is 1.50 bits per heavy atom. The van der Waals surface area contributed by atoms with Crippen LogP contribution in [-0.2, 0) is 4.79 Å². The van der Waals surface area contributed by atoms with Gasteiger partial charge in [0.05, 0.1) is 0 Å². The highest BCUT2D eigenvalue weighted by Gasteiger charge is 2.11. The summed E-state index contributed by atoms with van der Waals surface area (Å²) in [6.07, 6.45) is 7.08. The zero-order valence-electron chi connectivity index (χ0n) is 12.1. The molecule has 0 radical (unpaired) electrons. The van der Waals surface area contributed by atoms with Gasteiger partial charge in [-0.3, -0.25) is 4.79 Å². The summed E-state index contributed by atoms with van der Waals surface area (Å²) in [6.45, 7) is 8.31. The predicted molar refractivity (Wildman–Crippen MR) is 81.7 cm³/mol. The van der Waals surface area contributed by atoms with Gasteiger partial charge in [-0.2, -0.15) is 0 Å². The molecule has 0 aromatic heterocycles. The third-order valence-corrected chi connectivity index (χ3v) is 3.21. The topological polar surface area (TPSA) is 32.3 Å². The SMILES string of the molecule is CCCCC(=O)NC(=S)N(CCCC)CCCC. The molecule has 18 heavy (non-hydrogen) atoms. The first-order valence-electron chi connectivity index (χ1n) is 7.24. The molecule has 0 bridgehead atoms. The minimum Gasteiger partial charge on any atom is -0.349 e. The van der Waals surface area contributed by atoms with E-state index in [1.54, 1.807) is 0 Å². The number of thiocarbonyl (C=S) groups is 1. The molecule has 0 atom stereocenters. The number of carbonyl (C=O) groups is 1. The van der Waals surface area contributed by atoms with E-state index in [-0.39, 0.29) is 5.91 Å². The minimum absolute atomic E-state index is 0.0554. The van der Waals surface area contributed by atoms with Gasteiger partial charge in [-0.15, -0.1) is 0 Å². The molecule has 0 heterocycles. The van der Waals surface area contributed by atoms with E-state index in [2.05, 4.69) is 31.0 Å². The third-order valence-electron chi connectivity index (χ3n) is 2.85. The van der Waals surface area contributed by atoms with Crippen molar-refractivity contribution in [2.45, 2.75) is 65.7 Å². The van der Waals surface area contributed by atoms with Gasteiger partial charge in [-0.05, 0) is 31.5 Å². The molecule has 0 rings (SSSR count). The number of rotatable bonds is 9. The van der Waals surface area contributed by atoms with E-state index in [0.717, 1.165) is 51.6 Å². The van der Waals surface area contributed by atoms with E-state index < -0.39 is 0 Å². The Balaban J connectivity index is 4.13. The van der Waals surface area contributed by atoms with E-state index in [9.17, 15) is 4.79 Å². The Hall–Kier alpha value is -0.640. The van der Waals surface area contributed by atoms with Gasteiger partial charge < -0.3 is 10.2 Å². The molecule has 0 unspecified atom stereocenters. The van der Waals surface area contributed by atoms with Crippen molar-refractivity contribution in [1.82, 2.24) is 10.2 Å². The maximum Gasteiger partial charge on any atom is 0.226 e. The summed E-state index contributed by atoms with van der Waals surface area (Å²) in [5.41, 5.74) is 0. The smallest absolute Gasteiger partial charge is 0.226 e. The Morgan fingerprint density at radius 3 is 1.94 bits per heavy atom. The van der Waals surface area contributed by atoms with Gasteiger partial charge >= 0.3 is 0 Å². The monoisotopic (exact) mass is 272 g/mol. The van der Waals surface area contributed by atoms with Gasteiger partial charge in [-0.1, -0.05) is 40.0 Å². The maximum atomic E-state index is 11.6. The molecule has 1 N–H and O–H groups in total. The molecule has 0 spiro atoms. The fourth-order valence-electron chi connectivity index (χ4n) is 1.61. The van der Waals surface area contributed by atoms with Crippen LogP contribution in [0.2, 0.25) is 0 Å². The minimum atomic E-state index is 0.0554. The van der Waals surface area contributed by atoms with Gasteiger partial charge in [0, 0.05) is 19.5 Å². The van der Waals surface area contributed by atoms with Crippen LogP contribution in [0.1, 0.15) is 65.7 Å². The fourth-order valence-corrected chi connectivity index (χ4v) is 1.91. The van der Waals surface area contributed by atoms with Crippen LogP contribution >= 0.6 is 12.2 Å². The molecule has 0 aliphatic heterocycles. The van der Waals surface area contributed by atoms with Gasteiger partial charge in [-0.25, -0.2) is 0 Å². The van der Waals surface area contributed by atoms with Crippen molar-refractivity contribution in [2.24, 2.45) is 0 Å². The first-order chi connectivity index (χ1) is 8.65. The largest absolute Gasteiger partial charge is 0.349 e. The molecule has 4 heteroatoms. The first-order valence-corrected chi connectivity index (χ1v) is 7.65. The lowest BCUT2D eigenvalue weighted by atomic mass is 10.2. The lowest BCUT2D eigenvalue weighted by Crippen LogP contribution is -2.43. The summed E-state index contributed by atoms with van der Waals surface area (Å²) < 4.78 is 0. The Bertz CT molecular complexity index is 236. The molecule has 0 aliphatic rings. The fraction of sp³-hybridized carbons (Fsp3) is 0.857. The van der Waals surface area contributed by atoms with Crippen molar-refractivity contribution in [1.29, 1.82) is 0 Å². The predicted octanol–water partition coefficient (Wildman–Crippen LogP) is 3.48. The Morgan fingerprint density at radius 1 is 1.00 bits per heavy atom. The normalized spacial score (nSPS) is 10.2. The van der Waals surface area contributed by atoms with Crippen LogP contribution in [-0.4, -0.2) is 29.0 Å². The molecule has 0 aromatic rings.